The highest BCUT2D eigenvalue weighted by Gasteiger charge is 2.30. The third-order valence-corrected chi connectivity index (χ3v) is 2.55. The van der Waals surface area contributed by atoms with Crippen LogP contribution in [0.2, 0.25) is 0 Å². The highest BCUT2D eigenvalue weighted by atomic mass is 16.5. The zero-order chi connectivity index (χ0) is 14.1. The van der Waals surface area contributed by atoms with E-state index in [4.69, 9.17) is 5.73 Å². The fourth-order valence-electron chi connectivity index (χ4n) is 1.66. The Kier molecular flexibility index (Phi) is 10.5. The summed E-state index contributed by atoms with van der Waals surface area (Å²) < 4.78 is 8.97. The molecule has 7 heteroatoms. The molecule has 0 rings (SSSR count). The number of nitrogens with two attached hydrogens (primary N) is 1. The van der Waals surface area contributed by atoms with Gasteiger partial charge < -0.3 is 20.5 Å². The van der Waals surface area contributed by atoms with Gasteiger partial charge in [0.05, 0.1) is 20.6 Å². The third-order valence-electron chi connectivity index (χ3n) is 2.55. The Morgan fingerprint density at radius 1 is 1.21 bits per heavy atom. The van der Waals surface area contributed by atoms with Gasteiger partial charge in [0.15, 0.2) is 0 Å². The predicted molar refractivity (Wildman–Crippen MR) is 70.3 cm³/mol. The van der Waals surface area contributed by atoms with E-state index in [1.54, 1.807) is 0 Å². The Morgan fingerprint density at radius 2 is 1.79 bits per heavy atom. The molecule has 0 radical (unpaired) electrons. The lowest BCUT2D eigenvalue weighted by Gasteiger charge is -2.23. The monoisotopic (exact) mass is 276 g/mol. The molecule has 0 heterocycles. The van der Waals surface area contributed by atoms with E-state index in [9.17, 15) is 14.4 Å². The maximum Gasteiger partial charge on any atom is 0.407 e. The molecule has 0 spiro atoms. The van der Waals surface area contributed by atoms with E-state index in [1.165, 1.54) is 14.2 Å². The van der Waals surface area contributed by atoms with E-state index in [2.05, 4.69) is 14.8 Å². The summed E-state index contributed by atoms with van der Waals surface area (Å²) in [6.45, 7) is 1.90. The number of alkyl carbamates (subject to hydrolysis) is 1. The van der Waals surface area contributed by atoms with Gasteiger partial charge in [-0.15, -0.1) is 0 Å². The topological polar surface area (TPSA) is 108 Å². The van der Waals surface area contributed by atoms with E-state index in [0.717, 1.165) is 6.42 Å². The molecule has 2 amide bonds. The molecule has 0 aliphatic carbocycles. The van der Waals surface area contributed by atoms with Crippen molar-refractivity contribution in [2.24, 2.45) is 11.7 Å². The summed E-state index contributed by atoms with van der Waals surface area (Å²) in [6, 6.07) is -0.948. The van der Waals surface area contributed by atoms with Gasteiger partial charge in [-0.05, 0) is 12.3 Å². The van der Waals surface area contributed by atoms with Gasteiger partial charge in [-0.2, -0.15) is 0 Å². The second-order valence-corrected chi connectivity index (χ2v) is 3.84. The molecule has 2 unspecified atom stereocenters. The minimum absolute atomic E-state index is 0. The maximum absolute atomic E-state index is 11.3. The molecule has 112 valence electrons. The van der Waals surface area contributed by atoms with Crippen LogP contribution in [0.15, 0.2) is 0 Å². The number of nitrogens with one attached hydrogen (secondary N) is 1. The molecule has 0 fully saturated rings. The van der Waals surface area contributed by atoms with Crippen LogP contribution in [0, 0.1) is 5.92 Å². The Hall–Kier alpha value is -1.79. The molecular weight excluding hydrogens is 252 g/mol. The number of hydrogen-bond donors (Lipinski definition) is 2. The first kappa shape index (κ1) is 19.5. The maximum atomic E-state index is 11.3. The van der Waals surface area contributed by atoms with Crippen LogP contribution >= 0.6 is 0 Å². The number of esters is 1. The van der Waals surface area contributed by atoms with Crippen molar-refractivity contribution in [3.63, 3.8) is 0 Å². The molecule has 7 nitrogen and oxygen atoms in total. The molecule has 0 aliphatic heterocycles. The molecular formula is C12H24N2O5. The van der Waals surface area contributed by atoms with Crippen molar-refractivity contribution in [3.8, 4) is 0 Å². The standard InChI is InChI=1S/C11H20N2O5.CH4/c1-4-5-7(6-8(14)17-2)9(10(12)15)13-11(16)18-3;/h7,9H,4-6H2,1-3H3,(H2,12,15)(H,13,16);1H4. The SMILES string of the molecule is C.CCCC(CC(=O)OC)C(NC(=O)OC)C(N)=O. The molecule has 0 aliphatic rings. The van der Waals surface area contributed by atoms with Crippen LogP contribution < -0.4 is 11.1 Å². The zero-order valence-electron chi connectivity index (χ0n) is 10.9. The van der Waals surface area contributed by atoms with Crippen molar-refractivity contribution < 1.29 is 23.9 Å². The van der Waals surface area contributed by atoms with Gasteiger partial charge in [0.1, 0.15) is 6.04 Å². The number of rotatable bonds is 7. The zero-order valence-corrected chi connectivity index (χ0v) is 10.9. The minimum Gasteiger partial charge on any atom is -0.469 e. The Balaban J connectivity index is 0. The van der Waals surface area contributed by atoms with E-state index in [0.29, 0.717) is 6.42 Å². The lowest BCUT2D eigenvalue weighted by atomic mass is 9.91. The number of methoxy groups -OCH3 is 2. The number of primary amides is 1. The first-order valence-electron chi connectivity index (χ1n) is 5.66. The van der Waals surface area contributed by atoms with E-state index in [-0.39, 0.29) is 13.8 Å². The summed E-state index contributed by atoms with van der Waals surface area (Å²) in [6.07, 6.45) is 0.563. The summed E-state index contributed by atoms with van der Waals surface area (Å²) in [7, 11) is 2.45. The highest BCUT2D eigenvalue weighted by Crippen LogP contribution is 2.17. The molecule has 0 saturated carbocycles. The largest absolute Gasteiger partial charge is 0.469 e. The normalized spacial score (nSPS) is 12.6. The van der Waals surface area contributed by atoms with Gasteiger partial charge in [0.2, 0.25) is 5.91 Å². The second kappa shape index (κ2) is 10.2. The Morgan fingerprint density at radius 3 is 2.16 bits per heavy atom. The number of ether oxygens (including phenoxy) is 2. The van der Waals surface area contributed by atoms with Crippen LogP contribution in [-0.4, -0.2) is 38.2 Å². The Labute approximate surface area is 113 Å². The quantitative estimate of drug-likeness (QED) is 0.669. The summed E-state index contributed by atoms with van der Waals surface area (Å²) in [5, 5.41) is 2.34. The van der Waals surface area contributed by atoms with Crippen LogP contribution in [0.25, 0.3) is 0 Å². The molecule has 0 aromatic rings. The predicted octanol–water partition coefficient (Wildman–Crippen LogP) is 0.812. The van der Waals surface area contributed by atoms with Crippen LogP contribution in [0.3, 0.4) is 0 Å². The van der Waals surface area contributed by atoms with Gasteiger partial charge in [-0.1, -0.05) is 20.8 Å². The lowest BCUT2D eigenvalue weighted by Crippen LogP contribution is -2.49. The van der Waals surface area contributed by atoms with E-state index in [1.807, 2.05) is 6.92 Å². The first-order chi connectivity index (χ1) is 8.46. The van der Waals surface area contributed by atoms with E-state index < -0.39 is 29.9 Å². The minimum atomic E-state index is -0.948. The van der Waals surface area contributed by atoms with E-state index >= 15 is 0 Å². The van der Waals surface area contributed by atoms with Gasteiger partial charge in [-0.3, -0.25) is 9.59 Å². The van der Waals surface area contributed by atoms with Crippen molar-refractivity contribution in [2.45, 2.75) is 39.7 Å². The summed E-state index contributed by atoms with van der Waals surface area (Å²) in [4.78, 5) is 33.7. The summed E-state index contributed by atoms with van der Waals surface area (Å²) in [5.41, 5.74) is 5.23. The van der Waals surface area contributed by atoms with Crippen molar-refractivity contribution >= 4 is 18.0 Å². The fourth-order valence-corrected chi connectivity index (χ4v) is 1.66. The van der Waals surface area contributed by atoms with Crippen molar-refractivity contribution in [2.75, 3.05) is 14.2 Å². The van der Waals surface area contributed by atoms with Gasteiger partial charge in [0.25, 0.3) is 0 Å². The van der Waals surface area contributed by atoms with Crippen molar-refractivity contribution in [3.05, 3.63) is 0 Å². The van der Waals surface area contributed by atoms with Gasteiger partial charge >= 0.3 is 12.1 Å². The third kappa shape index (κ3) is 7.28. The van der Waals surface area contributed by atoms with Crippen LogP contribution in [-0.2, 0) is 19.1 Å². The molecule has 0 aromatic heterocycles. The van der Waals surface area contributed by atoms with Gasteiger partial charge in [-0.25, -0.2) is 4.79 Å². The summed E-state index contributed by atoms with van der Waals surface area (Å²) >= 11 is 0. The Bertz CT molecular complexity index is 306. The average Bonchev–Trinajstić information content (AvgIpc) is 2.34. The molecule has 19 heavy (non-hydrogen) atoms. The molecule has 3 N–H and O–H groups in total. The van der Waals surface area contributed by atoms with Crippen LogP contribution in [0.5, 0.6) is 0 Å². The molecule has 2 atom stereocenters. The van der Waals surface area contributed by atoms with Crippen molar-refractivity contribution in [1.29, 1.82) is 0 Å². The molecule has 0 saturated heterocycles. The first-order valence-corrected chi connectivity index (χ1v) is 5.66. The molecule has 0 bridgehead atoms. The van der Waals surface area contributed by atoms with Crippen LogP contribution in [0.4, 0.5) is 4.79 Å². The lowest BCUT2D eigenvalue weighted by molar-refractivity contribution is -0.142. The van der Waals surface area contributed by atoms with Crippen LogP contribution in [0.1, 0.15) is 33.6 Å². The second-order valence-electron chi connectivity index (χ2n) is 3.84. The fraction of sp³-hybridized carbons (Fsp3) is 0.750. The highest BCUT2D eigenvalue weighted by molar-refractivity contribution is 5.85. The van der Waals surface area contributed by atoms with Crippen molar-refractivity contribution in [1.82, 2.24) is 5.32 Å². The average molecular weight is 276 g/mol. The molecule has 0 aromatic carbocycles. The number of carbonyl (C=O) groups excluding carboxylic acids is 3. The number of amides is 2. The van der Waals surface area contributed by atoms with Gasteiger partial charge in [0, 0.05) is 0 Å². The smallest absolute Gasteiger partial charge is 0.407 e. The number of carbonyl (C=O) groups is 3. The number of hydrogen-bond acceptors (Lipinski definition) is 5. The summed E-state index contributed by atoms with van der Waals surface area (Å²) in [5.74, 6) is -1.56.